The van der Waals surface area contributed by atoms with E-state index in [1.165, 1.54) is 12.7 Å². The normalized spacial score (nSPS) is 14.5. The first kappa shape index (κ1) is 27.4. The first-order valence-electron chi connectivity index (χ1n) is 11.3. The van der Waals surface area contributed by atoms with Crippen molar-refractivity contribution in [3.05, 3.63) is 75.4 Å². The van der Waals surface area contributed by atoms with Gasteiger partial charge in [0.25, 0.3) is 0 Å². The fourth-order valence-electron chi connectivity index (χ4n) is 3.74. The lowest BCUT2D eigenvalue weighted by molar-refractivity contribution is -0.0273. The van der Waals surface area contributed by atoms with Crippen LogP contribution in [0.5, 0.6) is 11.5 Å². The van der Waals surface area contributed by atoms with Gasteiger partial charge in [-0.1, -0.05) is 61.4 Å². The van der Waals surface area contributed by atoms with Crippen molar-refractivity contribution < 1.29 is 24.8 Å². The van der Waals surface area contributed by atoms with Crippen LogP contribution in [0.4, 0.5) is 0 Å². The number of benzene rings is 2. The van der Waals surface area contributed by atoms with Crippen LogP contribution >= 0.6 is 22.6 Å². The Hall–Kier alpha value is -1.87. The maximum atomic E-state index is 10.8. The van der Waals surface area contributed by atoms with Crippen molar-refractivity contribution in [2.24, 2.45) is 5.92 Å². The molecule has 0 saturated heterocycles. The van der Waals surface area contributed by atoms with E-state index in [0.717, 1.165) is 27.5 Å². The second kappa shape index (κ2) is 14.4. The molecule has 0 aliphatic rings. The number of ether oxygens (including phenoxy) is 2. The summed E-state index contributed by atoms with van der Waals surface area (Å²) in [5.74, 6) is 0.104. The molecule has 3 N–H and O–H groups in total. The second-order valence-corrected chi connectivity index (χ2v) is 9.26. The molecule has 180 valence electrons. The Balaban J connectivity index is 1.97. The summed E-state index contributed by atoms with van der Waals surface area (Å²) >= 11 is 2.08. The van der Waals surface area contributed by atoms with Crippen LogP contribution in [0.1, 0.15) is 43.7 Å². The molecule has 2 aromatic carbocycles. The van der Waals surface area contributed by atoms with Crippen LogP contribution in [0.15, 0.2) is 60.7 Å². The zero-order chi connectivity index (χ0) is 24.2. The Morgan fingerprint density at radius 2 is 1.85 bits per heavy atom. The summed E-state index contributed by atoms with van der Waals surface area (Å²) in [6, 6.07) is 13.5. The highest BCUT2D eigenvalue weighted by molar-refractivity contribution is 14.1. The molecule has 5 nitrogen and oxygen atoms in total. The van der Waals surface area contributed by atoms with Crippen LogP contribution in [0, 0.1) is 9.49 Å². The number of hydrogen-bond acceptors (Lipinski definition) is 5. The topological polar surface area (TPSA) is 79.2 Å². The van der Waals surface area contributed by atoms with Crippen molar-refractivity contribution in [2.75, 3.05) is 13.7 Å². The van der Waals surface area contributed by atoms with Gasteiger partial charge in [0.05, 0.1) is 36.1 Å². The van der Waals surface area contributed by atoms with Gasteiger partial charge in [-0.25, -0.2) is 0 Å². The third kappa shape index (κ3) is 8.77. The summed E-state index contributed by atoms with van der Waals surface area (Å²) < 4.78 is 11.6. The van der Waals surface area contributed by atoms with Crippen molar-refractivity contribution in [1.29, 1.82) is 0 Å². The van der Waals surface area contributed by atoms with Gasteiger partial charge < -0.3 is 24.8 Å². The molecule has 0 unspecified atom stereocenters. The fourth-order valence-corrected chi connectivity index (χ4v) is 4.36. The second-order valence-electron chi connectivity index (χ2n) is 8.09. The molecule has 0 spiro atoms. The van der Waals surface area contributed by atoms with E-state index in [-0.39, 0.29) is 12.4 Å². The van der Waals surface area contributed by atoms with Crippen LogP contribution in [0.2, 0.25) is 0 Å². The molecule has 6 heteroatoms. The van der Waals surface area contributed by atoms with Crippen LogP contribution in [-0.4, -0.2) is 41.2 Å². The van der Waals surface area contributed by atoms with Gasteiger partial charge in [0, 0.05) is 5.92 Å². The zero-order valence-electron chi connectivity index (χ0n) is 19.4. The quantitative estimate of drug-likeness (QED) is 0.202. The number of aliphatic hydroxyl groups excluding tert-OH is 2. The van der Waals surface area contributed by atoms with E-state index in [1.807, 2.05) is 42.5 Å². The van der Waals surface area contributed by atoms with Gasteiger partial charge in [-0.05, 0) is 65.1 Å². The van der Waals surface area contributed by atoms with Gasteiger partial charge in [-0.15, -0.1) is 6.58 Å². The summed E-state index contributed by atoms with van der Waals surface area (Å²) in [5.41, 5.74) is 3.18. The number of aromatic hydroxyl groups is 1. The number of methoxy groups -OCH3 is 1. The molecule has 0 heterocycles. The smallest absolute Gasteiger partial charge is 0.171 e. The largest absolute Gasteiger partial charge is 0.504 e. The minimum Gasteiger partial charge on any atom is -0.504 e. The van der Waals surface area contributed by atoms with Gasteiger partial charge in [-0.3, -0.25) is 0 Å². The van der Waals surface area contributed by atoms with Crippen molar-refractivity contribution >= 4 is 28.7 Å². The highest BCUT2D eigenvalue weighted by Gasteiger charge is 2.24. The minimum absolute atomic E-state index is 0.131. The Kier molecular flexibility index (Phi) is 11.9. The maximum absolute atomic E-state index is 10.8. The molecule has 3 atom stereocenters. The predicted octanol–water partition coefficient (Wildman–Crippen LogP) is 5.71. The van der Waals surface area contributed by atoms with E-state index in [1.54, 1.807) is 6.08 Å². The summed E-state index contributed by atoms with van der Waals surface area (Å²) in [4.78, 5) is 0. The lowest BCUT2D eigenvalue weighted by Crippen LogP contribution is -2.33. The number of halogens is 1. The highest BCUT2D eigenvalue weighted by Crippen LogP contribution is 2.33. The molecular formula is C27H35IO5. The zero-order valence-corrected chi connectivity index (χ0v) is 21.6. The Labute approximate surface area is 210 Å². The van der Waals surface area contributed by atoms with Crippen LogP contribution in [0.25, 0.3) is 6.08 Å². The molecule has 33 heavy (non-hydrogen) atoms. The van der Waals surface area contributed by atoms with E-state index < -0.39 is 18.1 Å². The van der Waals surface area contributed by atoms with Crippen LogP contribution < -0.4 is 4.74 Å². The van der Waals surface area contributed by atoms with Gasteiger partial charge in [0.15, 0.2) is 11.5 Å². The van der Waals surface area contributed by atoms with Crippen molar-refractivity contribution in [2.45, 2.75) is 51.4 Å². The molecule has 0 aliphatic carbocycles. The number of aliphatic hydroxyl groups is 2. The average molecular weight is 566 g/mol. The van der Waals surface area contributed by atoms with E-state index in [4.69, 9.17) is 9.47 Å². The van der Waals surface area contributed by atoms with Crippen LogP contribution in [0.3, 0.4) is 0 Å². The highest BCUT2D eigenvalue weighted by atomic mass is 127. The van der Waals surface area contributed by atoms with Gasteiger partial charge in [-0.2, -0.15) is 0 Å². The number of hydrogen-bond donors (Lipinski definition) is 3. The SMILES string of the molecule is C=C[C@H]([C@H](O)CC/C(=C/c1cc(I)c(O)c(OC)c1)CCC)[C@H](O)COCc1ccccc1. The van der Waals surface area contributed by atoms with E-state index >= 15 is 0 Å². The van der Waals surface area contributed by atoms with Crippen LogP contribution in [-0.2, 0) is 11.3 Å². The third-order valence-corrected chi connectivity index (χ3v) is 6.36. The standard InChI is InChI=1S/C27H35IO5/c1-4-9-19(14-21-15-23(28)27(31)26(16-21)32-3)12-13-24(29)22(5-2)25(30)18-33-17-20-10-7-6-8-11-20/h5-8,10-11,14-16,22,24-25,29-31H,2,4,9,12-13,17-18H2,1,3H3/b19-14+/t22-,24-,25-/m1/s1. The van der Waals surface area contributed by atoms with Crippen molar-refractivity contribution in [3.8, 4) is 11.5 Å². The summed E-state index contributed by atoms with van der Waals surface area (Å²) in [7, 11) is 1.53. The fraction of sp³-hybridized carbons (Fsp3) is 0.407. The Bertz CT molecular complexity index is 897. The molecule has 0 aromatic heterocycles. The van der Waals surface area contributed by atoms with E-state index in [0.29, 0.717) is 25.2 Å². The molecule has 0 bridgehead atoms. The predicted molar refractivity (Wildman–Crippen MR) is 141 cm³/mol. The maximum Gasteiger partial charge on any atom is 0.171 e. The first-order chi connectivity index (χ1) is 15.9. The monoisotopic (exact) mass is 566 g/mol. The van der Waals surface area contributed by atoms with Gasteiger partial charge in [0.2, 0.25) is 0 Å². The first-order valence-corrected chi connectivity index (χ1v) is 12.3. The summed E-state index contributed by atoms with van der Waals surface area (Å²) in [6.45, 7) is 6.47. The summed E-state index contributed by atoms with van der Waals surface area (Å²) in [5, 5.41) is 31.4. The molecule has 2 aromatic rings. The Morgan fingerprint density at radius 3 is 2.48 bits per heavy atom. The molecule has 0 fully saturated rings. The number of allylic oxidation sites excluding steroid dienone is 1. The van der Waals surface area contributed by atoms with E-state index in [9.17, 15) is 15.3 Å². The molecular weight excluding hydrogens is 531 g/mol. The number of rotatable bonds is 14. The Morgan fingerprint density at radius 1 is 1.12 bits per heavy atom. The van der Waals surface area contributed by atoms with Gasteiger partial charge >= 0.3 is 0 Å². The number of phenols is 1. The summed E-state index contributed by atoms with van der Waals surface area (Å²) in [6.07, 6.45) is 5.21. The number of phenolic OH excluding ortho intramolecular Hbond substituents is 1. The lowest BCUT2D eigenvalue weighted by Gasteiger charge is -2.25. The molecule has 2 rings (SSSR count). The van der Waals surface area contributed by atoms with Gasteiger partial charge in [0.1, 0.15) is 0 Å². The lowest BCUT2D eigenvalue weighted by atomic mass is 9.90. The third-order valence-electron chi connectivity index (χ3n) is 5.53. The molecule has 0 radical (unpaired) electrons. The molecule has 0 amide bonds. The van der Waals surface area contributed by atoms with Crippen molar-refractivity contribution in [3.63, 3.8) is 0 Å². The molecule has 0 aliphatic heterocycles. The molecule has 0 saturated carbocycles. The van der Waals surface area contributed by atoms with Crippen molar-refractivity contribution in [1.82, 2.24) is 0 Å². The minimum atomic E-state index is -0.831. The average Bonchev–Trinajstić information content (AvgIpc) is 2.81. The van der Waals surface area contributed by atoms with E-state index in [2.05, 4.69) is 42.2 Å².